The van der Waals surface area contributed by atoms with Gasteiger partial charge in [0.05, 0.1) is 18.0 Å². The molecular formula is C36H54F3N2O5P. The standard InChI is InChI=1S/C36H54F3N2O5P/c1-4-7-8-9-10-11-12-13-14-15-16-17-35(42)41-31(23-25-46-47(43,5-2)6-3)26-30-18-20-33(21-19-30)44-28-32-27-34(22-24-40-32)45-29-36(37,38)39/h18-25,27,31H,4-17,26,28-29H2,1-3H3,(H,41,42)/b25-23+/t31-/m0/s1. The number of carbonyl (C=O) groups excluding carboxylic acids is 1. The van der Waals surface area contributed by atoms with Gasteiger partial charge in [-0.1, -0.05) is 97.1 Å². The van der Waals surface area contributed by atoms with Gasteiger partial charge in [-0.15, -0.1) is 0 Å². The summed E-state index contributed by atoms with van der Waals surface area (Å²) < 4.78 is 66.2. The second-order valence-corrected chi connectivity index (χ2v) is 15.0. The van der Waals surface area contributed by atoms with Crippen LogP contribution >= 0.6 is 7.37 Å². The van der Waals surface area contributed by atoms with Crippen molar-refractivity contribution in [3.63, 3.8) is 0 Å². The molecule has 1 N–H and O–H groups in total. The fraction of sp³-hybridized carbons (Fsp3) is 0.611. The van der Waals surface area contributed by atoms with E-state index in [9.17, 15) is 22.5 Å². The van der Waals surface area contributed by atoms with Crippen molar-refractivity contribution in [2.24, 2.45) is 0 Å². The maximum Gasteiger partial charge on any atom is 0.422 e. The van der Waals surface area contributed by atoms with Crippen LogP contribution in [0.4, 0.5) is 13.2 Å². The van der Waals surface area contributed by atoms with Crippen molar-refractivity contribution in [1.29, 1.82) is 0 Å². The van der Waals surface area contributed by atoms with Gasteiger partial charge in [-0.2, -0.15) is 13.2 Å². The quantitative estimate of drug-likeness (QED) is 0.0637. The highest BCUT2D eigenvalue weighted by atomic mass is 31.2. The van der Waals surface area contributed by atoms with Crippen molar-refractivity contribution >= 4 is 13.3 Å². The Labute approximate surface area is 279 Å². The molecule has 0 aliphatic heterocycles. The smallest absolute Gasteiger partial charge is 0.422 e. The van der Waals surface area contributed by atoms with E-state index in [1.165, 1.54) is 76.0 Å². The minimum atomic E-state index is -4.42. The SMILES string of the molecule is CCCCCCCCCCCCCC(=O)N[C@@H](/C=C/OP(=O)(CC)CC)Cc1ccc(OCc2cc(OCC(F)(F)F)ccn2)cc1. The van der Waals surface area contributed by atoms with Gasteiger partial charge in [0.2, 0.25) is 13.3 Å². The highest BCUT2D eigenvalue weighted by molar-refractivity contribution is 7.58. The predicted octanol–water partition coefficient (Wildman–Crippen LogP) is 10.2. The van der Waals surface area contributed by atoms with Crippen LogP contribution in [0.25, 0.3) is 0 Å². The van der Waals surface area contributed by atoms with Crippen LogP contribution in [0.15, 0.2) is 54.9 Å². The first-order valence-electron chi connectivity index (χ1n) is 17.1. The summed E-state index contributed by atoms with van der Waals surface area (Å²) in [4.78, 5) is 17.0. The Hall–Kier alpha value is -3.00. The monoisotopic (exact) mass is 682 g/mol. The summed E-state index contributed by atoms with van der Waals surface area (Å²) in [6.07, 6.45) is 15.4. The molecule has 1 aromatic carbocycles. The number of carbonyl (C=O) groups is 1. The number of nitrogens with one attached hydrogen (secondary N) is 1. The molecule has 47 heavy (non-hydrogen) atoms. The van der Waals surface area contributed by atoms with Crippen molar-refractivity contribution in [3.05, 3.63) is 66.2 Å². The molecule has 0 saturated carbocycles. The van der Waals surface area contributed by atoms with Crippen LogP contribution < -0.4 is 14.8 Å². The van der Waals surface area contributed by atoms with Crippen LogP contribution in [0.5, 0.6) is 11.5 Å². The first-order chi connectivity index (χ1) is 22.6. The van der Waals surface area contributed by atoms with Gasteiger partial charge < -0.3 is 19.3 Å². The summed E-state index contributed by atoms with van der Waals surface area (Å²) in [6.45, 7) is 4.58. The summed E-state index contributed by atoms with van der Waals surface area (Å²) in [7, 11) is -2.73. The first-order valence-corrected chi connectivity index (χ1v) is 19.1. The fourth-order valence-electron chi connectivity index (χ4n) is 4.93. The Morgan fingerprint density at radius 1 is 0.872 bits per heavy atom. The lowest BCUT2D eigenvalue weighted by Crippen LogP contribution is -2.34. The van der Waals surface area contributed by atoms with Crippen LogP contribution in [0.1, 0.15) is 109 Å². The molecule has 264 valence electrons. The number of amides is 1. The number of halogens is 3. The molecule has 0 fully saturated rings. The number of hydrogen-bond donors (Lipinski definition) is 1. The second kappa shape index (κ2) is 22.5. The maximum atomic E-state index is 12.8. The number of unbranched alkanes of at least 4 members (excludes halogenated alkanes) is 10. The number of aromatic nitrogens is 1. The van der Waals surface area contributed by atoms with E-state index in [4.69, 9.17) is 14.0 Å². The Bertz CT molecular complexity index is 1220. The van der Waals surface area contributed by atoms with Gasteiger partial charge in [0.1, 0.15) is 18.1 Å². The Morgan fingerprint density at radius 3 is 2.09 bits per heavy atom. The van der Waals surface area contributed by atoms with Crippen LogP contribution in [0, 0.1) is 0 Å². The molecular weight excluding hydrogens is 628 g/mol. The van der Waals surface area contributed by atoms with Crippen molar-refractivity contribution in [2.75, 3.05) is 18.9 Å². The van der Waals surface area contributed by atoms with E-state index in [1.54, 1.807) is 18.2 Å². The molecule has 0 spiro atoms. The van der Waals surface area contributed by atoms with Crippen LogP contribution in [0.2, 0.25) is 0 Å². The molecule has 7 nitrogen and oxygen atoms in total. The van der Waals surface area contributed by atoms with Gasteiger partial charge >= 0.3 is 6.18 Å². The van der Waals surface area contributed by atoms with E-state index in [-0.39, 0.29) is 24.3 Å². The number of rotatable bonds is 25. The minimum Gasteiger partial charge on any atom is -0.487 e. The van der Waals surface area contributed by atoms with E-state index < -0.39 is 20.2 Å². The van der Waals surface area contributed by atoms with Crippen molar-refractivity contribution in [2.45, 2.75) is 123 Å². The maximum absolute atomic E-state index is 12.8. The summed E-state index contributed by atoms with van der Waals surface area (Å²) >= 11 is 0. The third-order valence-electron chi connectivity index (χ3n) is 7.84. The molecule has 2 rings (SSSR count). The molecule has 0 aliphatic carbocycles. The highest BCUT2D eigenvalue weighted by Gasteiger charge is 2.28. The number of nitrogens with zero attached hydrogens (tertiary/aromatic N) is 1. The largest absolute Gasteiger partial charge is 0.487 e. The van der Waals surface area contributed by atoms with Gasteiger partial charge in [-0.05, 0) is 42.7 Å². The zero-order chi connectivity index (χ0) is 34.4. The van der Waals surface area contributed by atoms with Crippen molar-refractivity contribution in [1.82, 2.24) is 10.3 Å². The van der Waals surface area contributed by atoms with Gasteiger partial charge in [0.15, 0.2) is 6.61 Å². The van der Waals surface area contributed by atoms with Crippen LogP contribution in [-0.4, -0.2) is 42.0 Å². The number of benzene rings is 1. The molecule has 0 saturated heterocycles. The number of ether oxygens (including phenoxy) is 2. The number of pyridine rings is 1. The van der Waals surface area contributed by atoms with Gasteiger partial charge in [0.25, 0.3) is 0 Å². The number of hydrogen-bond acceptors (Lipinski definition) is 6. The number of alkyl halides is 3. The van der Waals surface area contributed by atoms with E-state index in [0.717, 1.165) is 24.8 Å². The van der Waals surface area contributed by atoms with E-state index >= 15 is 0 Å². The Kier molecular flexibility index (Phi) is 19.3. The molecule has 2 aromatic rings. The van der Waals surface area contributed by atoms with Gasteiger partial charge in [-0.3, -0.25) is 14.3 Å². The lowest BCUT2D eigenvalue weighted by Gasteiger charge is -2.17. The zero-order valence-electron chi connectivity index (χ0n) is 28.4. The zero-order valence-corrected chi connectivity index (χ0v) is 29.3. The van der Waals surface area contributed by atoms with Crippen molar-refractivity contribution in [3.8, 4) is 11.5 Å². The molecule has 1 aromatic heterocycles. The third kappa shape index (κ3) is 18.8. The highest BCUT2D eigenvalue weighted by Crippen LogP contribution is 2.46. The molecule has 1 atom stereocenters. The summed E-state index contributed by atoms with van der Waals surface area (Å²) in [5.41, 5.74) is 1.37. The Morgan fingerprint density at radius 2 is 1.49 bits per heavy atom. The van der Waals surface area contributed by atoms with E-state index in [1.807, 2.05) is 26.0 Å². The van der Waals surface area contributed by atoms with E-state index in [0.29, 0.717) is 36.6 Å². The van der Waals surface area contributed by atoms with Gasteiger partial charge in [-0.25, -0.2) is 0 Å². The van der Waals surface area contributed by atoms with Crippen LogP contribution in [0.3, 0.4) is 0 Å². The predicted molar refractivity (Wildman–Crippen MR) is 182 cm³/mol. The molecule has 1 heterocycles. The lowest BCUT2D eigenvalue weighted by atomic mass is 10.0. The molecule has 0 bridgehead atoms. The molecule has 0 aliphatic rings. The third-order valence-corrected chi connectivity index (χ3v) is 10.3. The molecule has 11 heteroatoms. The first kappa shape index (κ1) is 40.2. The Balaban J connectivity index is 1.86. The molecule has 1 amide bonds. The second-order valence-electron chi connectivity index (χ2n) is 11.9. The normalized spacial score (nSPS) is 12.6. The fourth-order valence-corrected chi connectivity index (χ4v) is 5.97. The minimum absolute atomic E-state index is 0.0290. The summed E-state index contributed by atoms with van der Waals surface area (Å²) in [6, 6.07) is 9.75. The molecule has 0 unspecified atom stereocenters. The van der Waals surface area contributed by atoms with Gasteiger partial charge in [0, 0.05) is 31.0 Å². The summed E-state index contributed by atoms with van der Waals surface area (Å²) in [5.74, 6) is 0.590. The summed E-state index contributed by atoms with van der Waals surface area (Å²) in [5, 5.41) is 3.09. The topological polar surface area (TPSA) is 86.8 Å². The van der Waals surface area contributed by atoms with Crippen LogP contribution in [-0.2, 0) is 26.9 Å². The molecule has 0 radical (unpaired) electrons. The lowest BCUT2D eigenvalue weighted by molar-refractivity contribution is -0.153. The average Bonchev–Trinajstić information content (AvgIpc) is 3.05. The van der Waals surface area contributed by atoms with Crippen molar-refractivity contribution < 1.29 is 36.5 Å². The van der Waals surface area contributed by atoms with E-state index in [2.05, 4.69) is 17.2 Å². The average molecular weight is 683 g/mol.